The number of piperidine rings is 1. The molecule has 2 aliphatic heterocycles. The largest absolute Gasteiger partial charge is 0.477 e. The van der Waals surface area contributed by atoms with Crippen LogP contribution >= 0.6 is 11.3 Å². The van der Waals surface area contributed by atoms with Crippen molar-refractivity contribution in [1.29, 1.82) is 0 Å². The fourth-order valence-electron chi connectivity index (χ4n) is 4.49. The Morgan fingerprint density at radius 1 is 1.16 bits per heavy atom. The summed E-state index contributed by atoms with van der Waals surface area (Å²) in [6.45, 7) is 2.01. The number of nitrogens with zero attached hydrogens (tertiary/aromatic N) is 3. The lowest BCUT2D eigenvalue weighted by atomic mass is 9.98. The summed E-state index contributed by atoms with van der Waals surface area (Å²) in [7, 11) is 1.59. The van der Waals surface area contributed by atoms with Crippen LogP contribution in [0.5, 0.6) is 5.75 Å². The summed E-state index contributed by atoms with van der Waals surface area (Å²) in [6, 6.07) is 15.7. The number of para-hydroxylation sites is 3. The number of thiazole rings is 1. The van der Waals surface area contributed by atoms with Gasteiger partial charge < -0.3 is 19.9 Å². The van der Waals surface area contributed by atoms with Gasteiger partial charge in [0.25, 0.3) is 5.91 Å². The number of hydrogen-bond acceptors (Lipinski definition) is 6. The van der Waals surface area contributed by atoms with Crippen molar-refractivity contribution in [2.45, 2.75) is 24.9 Å². The van der Waals surface area contributed by atoms with E-state index in [4.69, 9.17) is 9.72 Å². The van der Waals surface area contributed by atoms with Crippen molar-refractivity contribution in [1.82, 2.24) is 15.2 Å². The van der Waals surface area contributed by atoms with Gasteiger partial charge in [-0.2, -0.15) is 0 Å². The zero-order valence-corrected chi connectivity index (χ0v) is 18.8. The topological polar surface area (TPSA) is 74.8 Å². The standard InChI is InChI=1S/C24H26N4O3S/c1-25-23(30)20-14-28(18-9-3-4-10-19(18)31-20)15-22(29)27-12-6-7-16(13-27)24-26-17-8-2-5-11-21(17)32-24/h2-5,8-11,16,20H,6-7,12-15H2,1H3,(H,25,30). The number of likely N-dealkylation sites (N-methyl/N-ethyl adjacent to an activating group) is 1. The highest BCUT2D eigenvalue weighted by atomic mass is 32.1. The van der Waals surface area contributed by atoms with E-state index in [1.807, 2.05) is 52.3 Å². The normalized spacial score (nSPS) is 20.5. The average Bonchev–Trinajstić information content (AvgIpc) is 3.28. The van der Waals surface area contributed by atoms with Crippen LogP contribution in [0.4, 0.5) is 5.69 Å². The lowest BCUT2D eigenvalue weighted by molar-refractivity contribution is -0.132. The van der Waals surface area contributed by atoms with Gasteiger partial charge in [0.2, 0.25) is 5.91 Å². The van der Waals surface area contributed by atoms with Crippen LogP contribution in [0.15, 0.2) is 48.5 Å². The van der Waals surface area contributed by atoms with Crippen molar-refractivity contribution in [3.05, 3.63) is 53.5 Å². The van der Waals surface area contributed by atoms with Gasteiger partial charge in [0.15, 0.2) is 6.10 Å². The molecule has 32 heavy (non-hydrogen) atoms. The highest BCUT2D eigenvalue weighted by Gasteiger charge is 2.33. The molecule has 1 aromatic heterocycles. The van der Waals surface area contributed by atoms with Crippen LogP contribution in [0.3, 0.4) is 0 Å². The summed E-state index contributed by atoms with van der Waals surface area (Å²) in [5.74, 6) is 0.779. The number of amides is 2. The first-order valence-corrected chi connectivity index (χ1v) is 11.8. The Labute approximate surface area is 191 Å². The minimum absolute atomic E-state index is 0.0724. The molecule has 7 nitrogen and oxygen atoms in total. The molecule has 3 heterocycles. The second-order valence-corrected chi connectivity index (χ2v) is 9.33. The number of carbonyl (C=O) groups excluding carboxylic acids is 2. The maximum absolute atomic E-state index is 13.3. The predicted octanol–water partition coefficient (Wildman–Crippen LogP) is 3.02. The van der Waals surface area contributed by atoms with E-state index < -0.39 is 6.10 Å². The van der Waals surface area contributed by atoms with Crippen molar-refractivity contribution < 1.29 is 14.3 Å². The second kappa shape index (κ2) is 8.78. The molecule has 3 aromatic rings. The second-order valence-electron chi connectivity index (χ2n) is 8.27. The number of nitrogens with one attached hydrogen (secondary N) is 1. The van der Waals surface area contributed by atoms with Gasteiger partial charge in [-0.15, -0.1) is 11.3 Å². The lowest BCUT2D eigenvalue weighted by Gasteiger charge is -2.37. The van der Waals surface area contributed by atoms with Crippen LogP contribution in [0.1, 0.15) is 23.8 Å². The summed E-state index contributed by atoms with van der Waals surface area (Å²) in [6.07, 6.45) is 1.37. The Morgan fingerprint density at radius 3 is 2.81 bits per heavy atom. The summed E-state index contributed by atoms with van der Waals surface area (Å²) < 4.78 is 7.05. The van der Waals surface area contributed by atoms with Gasteiger partial charge in [0.05, 0.1) is 34.0 Å². The van der Waals surface area contributed by atoms with Crippen molar-refractivity contribution >= 4 is 39.1 Å². The summed E-state index contributed by atoms with van der Waals surface area (Å²) >= 11 is 1.73. The Bertz CT molecular complexity index is 1110. The molecule has 5 rings (SSSR count). The van der Waals surface area contributed by atoms with Crippen molar-refractivity contribution in [3.8, 4) is 5.75 Å². The van der Waals surface area contributed by atoms with E-state index in [9.17, 15) is 9.59 Å². The first kappa shape index (κ1) is 20.8. The van der Waals surface area contributed by atoms with E-state index in [2.05, 4.69) is 11.4 Å². The molecular formula is C24H26N4O3S. The molecule has 2 aromatic carbocycles. The molecule has 0 radical (unpaired) electrons. The van der Waals surface area contributed by atoms with Crippen molar-refractivity contribution in [2.75, 3.05) is 38.1 Å². The van der Waals surface area contributed by atoms with Gasteiger partial charge in [0, 0.05) is 26.1 Å². The third-order valence-corrected chi connectivity index (χ3v) is 7.36. The molecule has 2 atom stereocenters. The Morgan fingerprint density at radius 2 is 1.97 bits per heavy atom. The zero-order valence-electron chi connectivity index (χ0n) is 18.0. The van der Waals surface area contributed by atoms with Crippen LogP contribution in [0.2, 0.25) is 0 Å². The van der Waals surface area contributed by atoms with Crippen LogP contribution in [0.25, 0.3) is 10.2 Å². The molecule has 1 N–H and O–H groups in total. The van der Waals surface area contributed by atoms with Crippen molar-refractivity contribution in [3.63, 3.8) is 0 Å². The fourth-order valence-corrected chi connectivity index (χ4v) is 5.58. The van der Waals surface area contributed by atoms with Crippen LogP contribution in [-0.2, 0) is 9.59 Å². The molecule has 1 saturated heterocycles. The number of hydrogen-bond donors (Lipinski definition) is 1. The Hall–Kier alpha value is -3.13. The number of fused-ring (bicyclic) bond motifs is 2. The predicted molar refractivity (Wildman–Crippen MR) is 125 cm³/mol. The highest BCUT2D eigenvalue weighted by Crippen LogP contribution is 2.35. The maximum Gasteiger partial charge on any atom is 0.262 e. The average molecular weight is 451 g/mol. The van der Waals surface area contributed by atoms with Gasteiger partial charge in [-0.1, -0.05) is 24.3 Å². The molecule has 0 bridgehead atoms. The van der Waals surface area contributed by atoms with Crippen LogP contribution in [-0.4, -0.2) is 61.0 Å². The van der Waals surface area contributed by atoms with E-state index in [0.29, 0.717) is 18.8 Å². The number of rotatable bonds is 4. The van der Waals surface area contributed by atoms with Gasteiger partial charge in [-0.25, -0.2) is 4.98 Å². The van der Waals surface area contributed by atoms with E-state index in [0.717, 1.165) is 35.6 Å². The monoisotopic (exact) mass is 450 g/mol. The molecule has 0 aliphatic carbocycles. The first-order valence-electron chi connectivity index (χ1n) is 11.0. The molecule has 0 spiro atoms. The molecule has 8 heteroatoms. The van der Waals surface area contributed by atoms with E-state index >= 15 is 0 Å². The fraction of sp³-hybridized carbons (Fsp3) is 0.375. The minimum Gasteiger partial charge on any atom is -0.477 e. The number of benzene rings is 2. The Balaban J connectivity index is 1.31. The molecule has 166 valence electrons. The summed E-state index contributed by atoms with van der Waals surface area (Å²) in [5, 5.41) is 3.76. The van der Waals surface area contributed by atoms with Gasteiger partial charge >= 0.3 is 0 Å². The molecule has 0 saturated carbocycles. The van der Waals surface area contributed by atoms with Crippen molar-refractivity contribution in [2.24, 2.45) is 0 Å². The molecule has 2 aliphatic rings. The summed E-state index contributed by atoms with van der Waals surface area (Å²) in [5.41, 5.74) is 1.88. The number of carbonyl (C=O) groups is 2. The first-order chi connectivity index (χ1) is 15.6. The SMILES string of the molecule is CNC(=O)C1CN(CC(=O)N2CCCC(c3nc4ccccc4s3)C2)c2ccccc2O1. The zero-order chi connectivity index (χ0) is 22.1. The molecule has 2 amide bonds. The molecular weight excluding hydrogens is 424 g/mol. The summed E-state index contributed by atoms with van der Waals surface area (Å²) in [4.78, 5) is 34.3. The smallest absolute Gasteiger partial charge is 0.262 e. The van der Waals surface area contributed by atoms with Gasteiger partial charge in [-0.3, -0.25) is 9.59 Å². The van der Waals surface area contributed by atoms with E-state index in [1.165, 1.54) is 4.70 Å². The van der Waals surface area contributed by atoms with E-state index in [1.54, 1.807) is 18.4 Å². The lowest BCUT2D eigenvalue weighted by Crippen LogP contribution is -2.52. The van der Waals surface area contributed by atoms with Gasteiger partial charge in [-0.05, 0) is 37.1 Å². The highest BCUT2D eigenvalue weighted by molar-refractivity contribution is 7.18. The number of anilines is 1. The van der Waals surface area contributed by atoms with Gasteiger partial charge in [0.1, 0.15) is 5.75 Å². The number of aromatic nitrogens is 1. The van der Waals surface area contributed by atoms with Crippen LogP contribution < -0.4 is 15.0 Å². The minimum atomic E-state index is -0.639. The number of likely N-dealkylation sites (tertiary alicyclic amines) is 1. The van der Waals surface area contributed by atoms with Crippen LogP contribution in [0, 0.1) is 0 Å². The quantitative estimate of drug-likeness (QED) is 0.661. The molecule has 1 fully saturated rings. The third kappa shape index (κ3) is 4.02. The van der Waals surface area contributed by atoms with E-state index in [-0.39, 0.29) is 24.3 Å². The third-order valence-electron chi connectivity index (χ3n) is 6.16. The Kier molecular flexibility index (Phi) is 5.70. The molecule has 2 unspecified atom stereocenters. The number of ether oxygens (including phenoxy) is 1. The maximum atomic E-state index is 13.3.